The standard InChI is InChI=1S/C22H22N2O2/c1-22(25,16-7-3-2-4-8-16)23-13-14-26-17-11-12-19-18-9-5-6-10-20(18)24-21(19)15-17/h2-12,15,23-25H,13-14H2,1H3/t22-/m0/s1. The van der Waals surface area contributed by atoms with Crippen molar-refractivity contribution in [2.45, 2.75) is 12.6 Å². The van der Waals surface area contributed by atoms with Crippen LogP contribution in [0.1, 0.15) is 12.5 Å². The maximum Gasteiger partial charge on any atom is 0.139 e. The van der Waals surface area contributed by atoms with Crippen LogP contribution in [0.15, 0.2) is 72.8 Å². The van der Waals surface area contributed by atoms with Gasteiger partial charge in [-0.15, -0.1) is 0 Å². The van der Waals surface area contributed by atoms with E-state index in [1.165, 1.54) is 10.8 Å². The molecule has 0 aliphatic carbocycles. The maximum atomic E-state index is 10.5. The summed E-state index contributed by atoms with van der Waals surface area (Å²) in [5.74, 6) is 0.810. The Bertz CT molecular complexity index is 1020. The Morgan fingerprint density at radius 3 is 2.50 bits per heavy atom. The van der Waals surface area contributed by atoms with Crippen molar-refractivity contribution in [1.29, 1.82) is 0 Å². The van der Waals surface area contributed by atoms with Crippen LogP contribution in [0.2, 0.25) is 0 Å². The zero-order chi connectivity index (χ0) is 18.0. The number of hydrogen-bond acceptors (Lipinski definition) is 3. The van der Waals surface area contributed by atoms with Crippen molar-refractivity contribution in [3.05, 3.63) is 78.4 Å². The Morgan fingerprint density at radius 1 is 0.923 bits per heavy atom. The van der Waals surface area contributed by atoms with Gasteiger partial charge in [0.25, 0.3) is 0 Å². The monoisotopic (exact) mass is 346 g/mol. The Balaban J connectivity index is 1.40. The predicted octanol–water partition coefficient (Wildman–Crippen LogP) is 4.15. The molecule has 0 saturated heterocycles. The Morgan fingerprint density at radius 2 is 1.65 bits per heavy atom. The SMILES string of the molecule is C[C@@](O)(NCCOc1ccc2c(c1)[nH]c1ccccc12)c1ccccc1. The van der Waals surface area contributed by atoms with Gasteiger partial charge in [-0.2, -0.15) is 0 Å². The van der Waals surface area contributed by atoms with Crippen LogP contribution in [0.3, 0.4) is 0 Å². The van der Waals surface area contributed by atoms with Gasteiger partial charge in [-0.1, -0.05) is 48.5 Å². The van der Waals surface area contributed by atoms with E-state index in [-0.39, 0.29) is 0 Å². The fourth-order valence-corrected chi connectivity index (χ4v) is 3.25. The highest BCUT2D eigenvalue weighted by molar-refractivity contribution is 6.07. The number of fused-ring (bicyclic) bond motifs is 3. The number of ether oxygens (including phenoxy) is 1. The molecule has 4 rings (SSSR count). The summed E-state index contributed by atoms with van der Waals surface area (Å²) in [6, 6.07) is 23.9. The Kier molecular flexibility index (Phi) is 4.37. The lowest BCUT2D eigenvalue weighted by Crippen LogP contribution is -2.41. The fraction of sp³-hybridized carbons (Fsp3) is 0.182. The van der Waals surface area contributed by atoms with Crippen LogP contribution in [0.5, 0.6) is 5.75 Å². The van der Waals surface area contributed by atoms with Crippen molar-refractivity contribution < 1.29 is 9.84 Å². The zero-order valence-electron chi connectivity index (χ0n) is 14.7. The molecule has 3 N–H and O–H groups in total. The van der Waals surface area contributed by atoms with Gasteiger partial charge >= 0.3 is 0 Å². The van der Waals surface area contributed by atoms with Crippen molar-refractivity contribution in [2.24, 2.45) is 0 Å². The predicted molar refractivity (Wildman–Crippen MR) is 105 cm³/mol. The largest absolute Gasteiger partial charge is 0.492 e. The molecular weight excluding hydrogens is 324 g/mol. The first-order valence-corrected chi connectivity index (χ1v) is 8.80. The molecule has 0 saturated carbocycles. The molecule has 132 valence electrons. The third-order valence-corrected chi connectivity index (χ3v) is 4.65. The van der Waals surface area contributed by atoms with Gasteiger partial charge in [-0.25, -0.2) is 0 Å². The molecule has 3 aromatic carbocycles. The van der Waals surface area contributed by atoms with E-state index in [1.54, 1.807) is 6.92 Å². The van der Waals surface area contributed by atoms with Gasteiger partial charge < -0.3 is 14.8 Å². The van der Waals surface area contributed by atoms with Gasteiger partial charge in [0.2, 0.25) is 0 Å². The molecule has 1 atom stereocenters. The lowest BCUT2D eigenvalue weighted by atomic mass is 10.1. The summed E-state index contributed by atoms with van der Waals surface area (Å²) in [6.07, 6.45) is 0. The molecule has 4 aromatic rings. The first kappa shape index (κ1) is 16.6. The van der Waals surface area contributed by atoms with Crippen molar-refractivity contribution in [2.75, 3.05) is 13.2 Å². The smallest absolute Gasteiger partial charge is 0.139 e. The number of H-pyrrole nitrogens is 1. The van der Waals surface area contributed by atoms with Gasteiger partial charge in [0.1, 0.15) is 18.1 Å². The van der Waals surface area contributed by atoms with E-state index in [0.29, 0.717) is 13.2 Å². The highest BCUT2D eigenvalue weighted by atomic mass is 16.5. The fourth-order valence-electron chi connectivity index (χ4n) is 3.25. The highest BCUT2D eigenvalue weighted by Gasteiger charge is 2.21. The molecule has 1 aromatic heterocycles. The van der Waals surface area contributed by atoms with E-state index in [1.807, 2.05) is 54.6 Å². The minimum Gasteiger partial charge on any atom is -0.492 e. The Labute approximate surface area is 152 Å². The first-order chi connectivity index (χ1) is 12.6. The molecule has 1 heterocycles. The minimum absolute atomic E-state index is 0.467. The number of nitrogens with one attached hydrogen (secondary N) is 2. The van der Waals surface area contributed by atoms with Gasteiger partial charge in [0, 0.05) is 28.9 Å². The average Bonchev–Trinajstić information content (AvgIpc) is 3.04. The third-order valence-electron chi connectivity index (χ3n) is 4.65. The second-order valence-corrected chi connectivity index (χ2v) is 6.59. The summed E-state index contributed by atoms with van der Waals surface area (Å²) in [6.45, 7) is 2.75. The molecule has 0 bridgehead atoms. The van der Waals surface area contributed by atoms with Crippen LogP contribution >= 0.6 is 0 Å². The molecule has 4 heteroatoms. The molecule has 0 aliphatic rings. The van der Waals surface area contributed by atoms with Gasteiger partial charge in [-0.3, -0.25) is 5.32 Å². The summed E-state index contributed by atoms with van der Waals surface area (Å²) < 4.78 is 5.85. The minimum atomic E-state index is -1.08. The molecular formula is C22H22N2O2. The van der Waals surface area contributed by atoms with E-state index in [0.717, 1.165) is 22.3 Å². The normalized spacial score (nSPS) is 13.8. The van der Waals surface area contributed by atoms with Gasteiger partial charge in [-0.05, 0) is 30.7 Å². The highest BCUT2D eigenvalue weighted by Crippen LogP contribution is 2.28. The summed E-state index contributed by atoms with van der Waals surface area (Å²) in [5.41, 5.74) is 1.94. The van der Waals surface area contributed by atoms with Crippen LogP contribution in [0.25, 0.3) is 21.8 Å². The lowest BCUT2D eigenvalue weighted by Gasteiger charge is -2.25. The molecule has 0 radical (unpaired) electrons. The van der Waals surface area contributed by atoms with Crippen LogP contribution in [0, 0.1) is 0 Å². The second-order valence-electron chi connectivity index (χ2n) is 6.59. The summed E-state index contributed by atoms with van der Waals surface area (Å²) in [5, 5.41) is 16.1. The van der Waals surface area contributed by atoms with E-state index in [4.69, 9.17) is 4.74 Å². The number of aromatic nitrogens is 1. The van der Waals surface area contributed by atoms with E-state index < -0.39 is 5.72 Å². The van der Waals surface area contributed by atoms with Crippen LogP contribution in [-0.2, 0) is 5.72 Å². The number of rotatable bonds is 6. The third kappa shape index (κ3) is 3.29. The molecule has 26 heavy (non-hydrogen) atoms. The summed E-state index contributed by atoms with van der Waals surface area (Å²) >= 11 is 0. The van der Waals surface area contributed by atoms with Crippen molar-refractivity contribution >= 4 is 21.8 Å². The molecule has 0 unspecified atom stereocenters. The molecule has 0 spiro atoms. The number of aromatic amines is 1. The average molecular weight is 346 g/mol. The van der Waals surface area contributed by atoms with E-state index >= 15 is 0 Å². The number of aliphatic hydroxyl groups is 1. The van der Waals surface area contributed by atoms with E-state index in [9.17, 15) is 5.11 Å². The first-order valence-electron chi connectivity index (χ1n) is 8.80. The van der Waals surface area contributed by atoms with Crippen LogP contribution in [0.4, 0.5) is 0 Å². The maximum absolute atomic E-state index is 10.5. The van der Waals surface area contributed by atoms with Crippen LogP contribution < -0.4 is 10.1 Å². The molecule has 4 nitrogen and oxygen atoms in total. The molecule has 0 aliphatic heterocycles. The summed E-state index contributed by atoms with van der Waals surface area (Å²) in [4.78, 5) is 3.42. The zero-order valence-corrected chi connectivity index (χ0v) is 14.7. The van der Waals surface area contributed by atoms with E-state index in [2.05, 4.69) is 28.5 Å². The molecule has 0 amide bonds. The number of benzene rings is 3. The molecule has 0 fully saturated rings. The van der Waals surface area contributed by atoms with Crippen molar-refractivity contribution in [1.82, 2.24) is 10.3 Å². The lowest BCUT2D eigenvalue weighted by molar-refractivity contribution is 0.0169. The van der Waals surface area contributed by atoms with Gasteiger partial charge in [0.05, 0.1) is 5.52 Å². The number of para-hydroxylation sites is 1. The summed E-state index contributed by atoms with van der Waals surface area (Å²) in [7, 11) is 0. The van der Waals surface area contributed by atoms with Gasteiger partial charge in [0.15, 0.2) is 0 Å². The van der Waals surface area contributed by atoms with Crippen LogP contribution in [-0.4, -0.2) is 23.2 Å². The Hall–Kier alpha value is -2.82. The second kappa shape index (κ2) is 6.83. The topological polar surface area (TPSA) is 57.3 Å². The van der Waals surface area contributed by atoms with Crippen molar-refractivity contribution in [3.63, 3.8) is 0 Å². The number of hydrogen-bond donors (Lipinski definition) is 3. The quantitative estimate of drug-likeness (QED) is 0.363. The van der Waals surface area contributed by atoms with Crippen molar-refractivity contribution in [3.8, 4) is 5.75 Å².